The highest BCUT2D eigenvalue weighted by atomic mass is 16.4. The van der Waals surface area contributed by atoms with Crippen LogP contribution in [-0.2, 0) is 9.59 Å². The van der Waals surface area contributed by atoms with Gasteiger partial charge in [0.15, 0.2) is 0 Å². The Labute approximate surface area is 96.6 Å². The Balaban J connectivity index is 3.06. The monoisotopic (exact) mass is 227 g/mol. The number of carboxylic acids is 1. The maximum atomic E-state index is 11.5. The first-order chi connectivity index (χ1) is 7.21. The molecule has 0 aliphatic heterocycles. The smallest absolute Gasteiger partial charge is 0.329 e. The first-order valence-electron chi connectivity index (χ1n) is 5.69. The summed E-state index contributed by atoms with van der Waals surface area (Å²) in [7, 11) is 1.60. The Morgan fingerprint density at radius 2 is 1.81 bits per heavy atom. The molecule has 0 spiro atoms. The third kappa shape index (κ3) is 2.20. The molecule has 4 nitrogen and oxygen atoms in total. The molecule has 0 aromatic carbocycles. The number of likely N-dealkylation sites (N-methyl/N-ethyl adjacent to an activating group) is 1. The Bertz CT molecular complexity index is 311. The molecule has 1 N–H and O–H groups in total. The predicted molar refractivity (Wildman–Crippen MR) is 61.1 cm³/mol. The van der Waals surface area contributed by atoms with Crippen molar-refractivity contribution in [1.82, 2.24) is 4.90 Å². The molecule has 1 amide bonds. The zero-order valence-corrected chi connectivity index (χ0v) is 10.5. The lowest BCUT2D eigenvalue weighted by Crippen LogP contribution is -2.58. The lowest BCUT2D eigenvalue weighted by molar-refractivity contribution is -0.162. The van der Waals surface area contributed by atoms with Crippen LogP contribution in [0, 0.1) is 5.41 Å². The lowest BCUT2D eigenvalue weighted by atomic mass is 9.67. The van der Waals surface area contributed by atoms with E-state index in [0.29, 0.717) is 12.8 Å². The lowest BCUT2D eigenvalue weighted by Gasteiger charge is -2.46. The van der Waals surface area contributed by atoms with Crippen LogP contribution in [0.3, 0.4) is 0 Å². The second kappa shape index (κ2) is 4.07. The van der Waals surface area contributed by atoms with Gasteiger partial charge in [-0.05, 0) is 31.1 Å². The molecular weight excluding hydrogens is 206 g/mol. The molecule has 0 bridgehead atoms. The van der Waals surface area contributed by atoms with Gasteiger partial charge in [-0.15, -0.1) is 0 Å². The van der Waals surface area contributed by atoms with Crippen molar-refractivity contribution in [2.24, 2.45) is 5.41 Å². The number of aliphatic carboxylic acids is 1. The summed E-state index contributed by atoms with van der Waals surface area (Å²) in [4.78, 5) is 24.3. The number of hydrogen-bond acceptors (Lipinski definition) is 2. The van der Waals surface area contributed by atoms with Crippen molar-refractivity contribution in [2.45, 2.75) is 52.0 Å². The van der Waals surface area contributed by atoms with Crippen LogP contribution in [0.25, 0.3) is 0 Å². The maximum Gasteiger partial charge on any atom is 0.329 e. The van der Waals surface area contributed by atoms with Crippen molar-refractivity contribution >= 4 is 11.9 Å². The van der Waals surface area contributed by atoms with E-state index in [1.807, 2.05) is 0 Å². The Morgan fingerprint density at radius 3 is 2.19 bits per heavy atom. The summed E-state index contributed by atoms with van der Waals surface area (Å²) >= 11 is 0. The van der Waals surface area contributed by atoms with E-state index in [1.165, 1.54) is 11.8 Å². The standard InChI is InChI=1S/C12H21NO3/c1-9(14)13(4)12(10(15)16)7-5-6-11(2,3)8-12/h5-8H2,1-4H3,(H,15,16). The van der Waals surface area contributed by atoms with Crippen LogP contribution >= 0.6 is 0 Å². The van der Waals surface area contributed by atoms with Crippen LogP contribution in [0.5, 0.6) is 0 Å². The van der Waals surface area contributed by atoms with Gasteiger partial charge in [-0.1, -0.05) is 13.8 Å². The van der Waals surface area contributed by atoms with E-state index in [0.717, 1.165) is 12.8 Å². The van der Waals surface area contributed by atoms with Crippen LogP contribution in [0.1, 0.15) is 46.5 Å². The van der Waals surface area contributed by atoms with Gasteiger partial charge >= 0.3 is 5.97 Å². The number of rotatable bonds is 2. The van der Waals surface area contributed by atoms with E-state index in [-0.39, 0.29) is 11.3 Å². The van der Waals surface area contributed by atoms with Gasteiger partial charge in [0.25, 0.3) is 0 Å². The number of carboxylic acid groups (broad SMARTS) is 1. The topological polar surface area (TPSA) is 57.6 Å². The van der Waals surface area contributed by atoms with Crippen LogP contribution in [0.4, 0.5) is 0 Å². The Morgan fingerprint density at radius 1 is 1.25 bits per heavy atom. The molecule has 4 heteroatoms. The quantitative estimate of drug-likeness (QED) is 0.783. The van der Waals surface area contributed by atoms with Gasteiger partial charge in [0, 0.05) is 14.0 Å². The summed E-state index contributed by atoms with van der Waals surface area (Å²) < 4.78 is 0. The van der Waals surface area contributed by atoms with E-state index >= 15 is 0 Å². The zero-order chi connectivity index (χ0) is 12.6. The van der Waals surface area contributed by atoms with Gasteiger partial charge in [-0.2, -0.15) is 0 Å². The minimum absolute atomic E-state index is 0.0135. The number of carbonyl (C=O) groups excluding carboxylic acids is 1. The minimum atomic E-state index is -1.01. The average Bonchev–Trinajstić information content (AvgIpc) is 2.14. The molecule has 0 saturated heterocycles. The SMILES string of the molecule is CC(=O)N(C)C1(C(=O)O)CCCC(C)(C)C1. The number of amides is 1. The molecule has 0 radical (unpaired) electrons. The summed E-state index contributed by atoms with van der Waals surface area (Å²) in [6, 6.07) is 0. The molecule has 92 valence electrons. The van der Waals surface area contributed by atoms with Crippen LogP contribution < -0.4 is 0 Å². The minimum Gasteiger partial charge on any atom is -0.479 e. The van der Waals surface area contributed by atoms with E-state index in [9.17, 15) is 14.7 Å². The summed E-state index contributed by atoms with van der Waals surface area (Å²) in [5.41, 5.74) is -1.02. The van der Waals surface area contributed by atoms with Crippen molar-refractivity contribution in [1.29, 1.82) is 0 Å². The average molecular weight is 227 g/mol. The maximum absolute atomic E-state index is 11.5. The molecule has 16 heavy (non-hydrogen) atoms. The van der Waals surface area contributed by atoms with Gasteiger partial charge in [0.1, 0.15) is 5.54 Å². The molecule has 1 aliphatic rings. The summed E-state index contributed by atoms with van der Waals surface area (Å²) in [6.07, 6.45) is 2.97. The zero-order valence-electron chi connectivity index (χ0n) is 10.5. The molecule has 1 aliphatic carbocycles. The molecule has 0 aromatic heterocycles. The molecule has 1 saturated carbocycles. The van der Waals surface area contributed by atoms with Gasteiger partial charge in [0.05, 0.1) is 0 Å². The highest BCUT2D eigenvalue weighted by Gasteiger charge is 2.49. The second-order valence-corrected chi connectivity index (χ2v) is 5.61. The first kappa shape index (κ1) is 13.0. The van der Waals surface area contributed by atoms with Gasteiger partial charge in [-0.3, -0.25) is 4.79 Å². The fraction of sp³-hybridized carbons (Fsp3) is 0.833. The third-order valence-electron chi connectivity index (χ3n) is 3.73. The molecule has 1 atom stereocenters. The van der Waals surface area contributed by atoms with Crippen molar-refractivity contribution in [3.8, 4) is 0 Å². The molecule has 0 heterocycles. The molecule has 1 fully saturated rings. The molecule has 1 unspecified atom stereocenters. The fourth-order valence-corrected chi connectivity index (χ4v) is 2.74. The second-order valence-electron chi connectivity index (χ2n) is 5.61. The highest BCUT2D eigenvalue weighted by Crippen LogP contribution is 2.43. The Hall–Kier alpha value is -1.06. The van der Waals surface area contributed by atoms with Gasteiger partial charge in [-0.25, -0.2) is 4.79 Å². The number of nitrogens with zero attached hydrogens (tertiary/aromatic N) is 1. The van der Waals surface area contributed by atoms with E-state index < -0.39 is 11.5 Å². The van der Waals surface area contributed by atoms with Crippen molar-refractivity contribution in [3.63, 3.8) is 0 Å². The fourth-order valence-electron chi connectivity index (χ4n) is 2.74. The first-order valence-corrected chi connectivity index (χ1v) is 5.69. The van der Waals surface area contributed by atoms with Crippen LogP contribution in [-0.4, -0.2) is 34.5 Å². The summed E-state index contributed by atoms with van der Waals surface area (Å²) in [6.45, 7) is 5.56. The predicted octanol–water partition coefficient (Wildman–Crippen LogP) is 1.89. The third-order valence-corrected chi connectivity index (χ3v) is 3.73. The van der Waals surface area contributed by atoms with Crippen molar-refractivity contribution in [2.75, 3.05) is 7.05 Å². The van der Waals surface area contributed by atoms with Crippen LogP contribution in [0.15, 0.2) is 0 Å². The van der Waals surface area contributed by atoms with Crippen molar-refractivity contribution in [3.05, 3.63) is 0 Å². The molecular formula is C12H21NO3. The summed E-state index contributed by atoms with van der Waals surface area (Å²) in [5.74, 6) is -1.06. The number of carbonyl (C=O) groups is 2. The highest BCUT2D eigenvalue weighted by molar-refractivity contribution is 5.86. The largest absolute Gasteiger partial charge is 0.479 e. The van der Waals surface area contributed by atoms with Crippen molar-refractivity contribution < 1.29 is 14.7 Å². The van der Waals surface area contributed by atoms with Gasteiger partial charge < -0.3 is 10.0 Å². The van der Waals surface area contributed by atoms with E-state index in [4.69, 9.17) is 0 Å². The number of hydrogen-bond donors (Lipinski definition) is 1. The van der Waals surface area contributed by atoms with E-state index in [1.54, 1.807) is 7.05 Å². The Kier molecular flexibility index (Phi) is 3.31. The van der Waals surface area contributed by atoms with Gasteiger partial charge in [0.2, 0.25) is 5.91 Å². The molecule has 1 rings (SSSR count). The molecule has 0 aromatic rings. The normalized spacial score (nSPS) is 28.5. The van der Waals surface area contributed by atoms with Crippen LogP contribution in [0.2, 0.25) is 0 Å². The summed E-state index contributed by atoms with van der Waals surface area (Å²) in [5, 5.41) is 9.45. The van der Waals surface area contributed by atoms with E-state index in [2.05, 4.69) is 13.8 Å².